The van der Waals surface area contributed by atoms with E-state index in [1.165, 1.54) is 7.11 Å². The van der Waals surface area contributed by atoms with Gasteiger partial charge in [-0.15, -0.1) is 0 Å². The van der Waals surface area contributed by atoms with Crippen LogP contribution in [0, 0.1) is 0 Å². The number of amides is 1. The fraction of sp³-hybridized carbons (Fsp3) is 0.591. The summed E-state index contributed by atoms with van der Waals surface area (Å²) in [6.45, 7) is 5.64. The number of carbonyl (C=O) groups is 2. The number of aromatic nitrogens is 2. The molecule has 3 aliphatic carbocycles. The van der Waals surface area contributed by atoms with E-state index < -0.39 is 5.60 Å². The van der Waals surface area contributed by atoms with Crippen LogP contribution in [0.3, 0.4) is 0 Å². The number of methoxy groups -OCH3 is 1. The summed E-state index contributed by atoms with van der Waals surface area (Å²) in [4.78, 5) is 24.1. The van der Waals surface area contributed by atoms with E-state index in [4.69, 9.17) is 14.6 Å². The molecule has 7 nitrogen and oxygen atoms in total. The smallest absolute Gasteiger partial charge is 0.408 e. The molecule has 0 aliphatic heterocycles. The van der Waals surface area contributed by atoms with Gasteiger partial charge in [-0.2, -0.15) is 5.10 Å². The fourth-order valence-electron chi connectivity index (χ4n) is 4.72. The zero-order valence-electron chi connectivity index (χ0n) is 17.6. The lowest BCUT2D eigenvalue weighted by Crippen LogP contribution is -2.59. The molecule has 5 rings (SSSR count). The van der Waals surface area contributed by atoms with Gasteiger partial charge in [0.1, 0.15) is 5.60 Å². The third kappa shape index (κ3) is 3.70. The number of rotatable bonds is 3. The number of hydrogen-bond donors (Lipinski definition) is 1. The average Bonchev–Trinajstić information content (AvgIpc) is 3.11. The van der Waals surface area contributed by atoms with Gasteiger partial charge >= 0.3 is 12.1 Å². The number of carbonyl (C=O) groups excluding carboxylic acids is 2. The largest absolute Gasteiger partial charge is 0.465 e. The lowest BCUT2D eigenvalue weighted by molar-refractivity contribution is 0.00532. The van der Waals surface area contributed by atoms with E-state index >= 15 is 0 Å². The van der Waals surface area contributed by atoms with Crippen LogP contribution in [0.2, 0.25) is 0 Å². The van der Waals surface area contributed by atoms with Crippen molar-refractivity contribution in [2.45, 2.75) is 76.0 Å². The highest BCUT2D eigenvalue weighted by atomic mass is 16.6. The van der Waals surface area contributed by atoms with Gasteiger partial charge in [0.05, 0.1) is 23.7 Å². The zero-order chi connectivity index (χ0) is 20.9. The highest BCUT2D eigenvalue weighted by molar-refractivity contribution is 5.94. The Morgan fingerprint density at radius 3 is 2.34 bits per heavy atom. The van der Waals surface area contributed by atoms with Crippen LogP contribution >= 0.6 is 0 Å². The SMILES string of the molecule is COC(=O)c1ccc2cn(C34CCC(NC(=O)OC(C)(C)C)(CC3)CC4)nc2c1. The minimum absolute atomic E-state index is 0.0260. The Labute approximate surface area is 170 Å². The molecule has 2 bridgehead atoms. The quantitative estimate of drug-likeness (QED) is 0.784. The average molecular weight is 399 g/mol. The van der Waals surface area contributed by atoms with Crippen LogP contribution in [-0.4, -0.2) is 40.1 Å². The van der Waals surface area contributed by atoms with Gasteiger partial charge < -0.3 is 14.8 Å². The Morgan fingerprint density at radius 2 is 1.76 bits per heavy atom. The molecule has 29 heavy (non-hydrogen) atoms. The number of alkyl carbamates (subject to hydrolysis) is 1. The molecule has 3 aliphatic rings. The molecule has 3 fully saturated rings. The summed E-state index contributed by atoms with van der Waals surface area (Å²) in [6, 6.07) is 5.48. The van der Waals surface area contributed by atoms with Gasteiger partial charge in [0.2, 0.25) is 0 Å². The van der Waals surface area contributed by atoms with Crippen LogP contribution in [0.5, 0.6) is 0 Å². The number of esters is 1. The predicted octanol–water partition coefficient (Wildman–Crippen LogP) is 4.15. The molecule has 0 spiro atoms. The summed E-state index contributed by atoms with van der Waals surface area (Å²) in [7, 11) is 1.38. The Kier molecular flexibility index (Phi) is 4.59. The second-order valence-electron chi connectivity index (χ2n) is 9.47. The molecule has 0 radical (unpaired) electrons. The molecule has 7 heteroatoms. The van der Waals surface area contributed by atoms with Gasteiger partial charge in [-0.1, -0.05) is 6.07 Å². The van der Waals surface area contributed by atoms with Crippen LogP contribution in [0.25, 0.3) is 10.9 Å². The summed E-state index contributed by atoms with van der Waals surface area (Å²) in [5.41, 5.74) is 0.620. The van der Waals surface area contributed by atoms with Crippen LogP contribution < -0.4 is 5.32 Å². The van der Waals surface area contributed by atoms with E-state index in [-0.39, 0.29) is 23.1 Å². The van der Waals surface area contributed by atoms with E-state index in [1.807, 2.05) is 26.8 Å². The van der Waals surface area contributed by atoms with Crippen molar-refractivity contribution in [2.24, 2.45) is 0 Å². The first kappa shape index (κ1) is 19.7. The monoisotopic (exact) mass is 399 g/mol. The Bertz CT molecular complexity index is 932. The first-order valence-electron chi connectivity index (χ1n) is 10.2. The fourth-order valence-corrected chi connectivity index (χ4v) is 4.72. The van der Waals surface area contributed by atoms with Crippen LogP contribution in [0.1, 0.15) is 69.7 Å². The number of nitrogens with one attached hydrogen (secondary N) is 1. The lowest BCUT2D eigenvalue weighted by atomic mass is 9.61. The standard InChI is InChI=1S/C22H29N3O4/c1-20(2,3)29-19(27)23-21-7-10-22(11-8-21,12-9-21)25-14-16-6-5-15(18(26)28-4)13-17(16)24-25/h5-6,13-14H,7-12H2,1-4H3,(H,23,27). The van der Waals surface area contributed by atoms with E-state index in [2.05, 4.69) is 16.2 Å². The third-order valence-electron chi connectivity index (χ3n) is 6.39. The predicted molar refractivity (Wildman–Crippen MR) is 109 cm³/mol. The van der Waals surface area contributed by atoms with Crippen LogP contribution in [0.15, 0.2) is 24.4 Å². The molecule has 0 saturated heterocycles. The van der Waals surface area contributed by atoms with E-state index in [1.54, 1.807) is 12.1 Å². The van der Waals surface area contributed by atoms with Crippen molar-refractivity contribution in [1.29, 1.82) is 0 Å². The second kappa shape index (κ2) is 6.75. The Morgan fingerprint density at radius 1 is 1.10 bits per heavy atom. The van der Waals surface area contributed by atoms with Crippen molar-refractivity contribution in [2.75, 3.05) is 7.11 Å². The molecule has 1 heterocycles. The Hall–Kier alpha value is -2.57. The van der Waals surface area contributed by atoms with Crippen molar-refractivity contribution < 1.29 is 19.1 Å². The summed E-state index contributed by atoms with van der Waals surface area (Å²) in [5.74, 6) is -0.354. The van der Waals surface area contributed by atoms with E-state index in [0.717, 1.165) is 49.4 Å². The van der Waals surface area contributed by atoms with Crippen LogP contribution in [-0.2, 0) is 15.0 Å². The van der Waals surface area contributed by atoms with Crippen molar-refractivity contribution in [3.63, 3.8) is 0 Å². The summed E-state index contributed by atoms with van der Waals surface area (Å²) in [6.07, 6.45) is 7.37. The summed E-state index contributed by atoms with van der Waals surface area (Å²) < 4.78 is 12.4. The normalized spacial score (nSPS) is 26.3. The molecular weight excluding hydrogens is 370 g/mol. The van der Waals surface area contributed by atoms with Gasteiger partial charge in [0.15, 0.2) is 0 Å². The maximum Gasteiger partial charge on any atom is 0.408 e. The number of hydrogen-bond acceptors (Lipinski definition) is 5. The van der Waals surface area contributed by atoms with Gasteiger partial charge in [-0.25, -0.2) is 9.59 Å². The number of fused-ring (bicyclic) bond motifs is 4. The van der Waals surface area contributed by atoms with Crippen molar-refractivity contribution in [3.05, 3.63) is 30.0 Å². The van der Waals surface area contributed by atoms with Gasteiger partial charge in [0, 0.05) is 17.1 Å². The van der Waals surface area contributed by atoms with Gasteiger partial charge in [-0.05, 0) is 71.4 Å². The summed E-state index contributed by atoms with van der Waals surface area (Å²) >= 11 is 0. The van der Waals surface area contributed by atoms with E-state index in [0.29, 0.717) is 5.56 Å². The minimum atomic E-state index is -0.494. The third-order valence-corrected chi connectivity index (χ3v) is 6.39. The van der Waals surface area contributed by atoms with Crippen molar-refractivity contribution in [1.82, 2.24) is 15.1 Å². The second-order valence-corrected chi connectivity index (χ2v) is 9.47. The number of ether oxygens (including phenoxy) is 2. The maximum absolute atomic E-state index is 12.3. The minimum Gasteiger partial charge on any atom is -0.465 e. The molecule has 1 aromatic carbocycles. The van der Waals surface area contributed by atoms with E-state index in [9.17, 15) is 9.59 Å². The van der Waals surface area contributed by atoms with Gasteiger partial charge in [0.25, 0.3) is 0 Å². The highest BCUT2D eigenvalue weighted by Gasteiger charge is 2.51. The van der Waals surface area contributed by atoms with Crippen molar-refractivity contribution in [3.8, 4) is 0 Å². The first-order chi connectivity index (χ1) is 13.6. The maximum atomic E-state index is 12.3. The zero-order valence-corrected chi connectivity index (χ0v) is 17.6. The molecule has 0 unspecified atom stereocenters. The molecule has 0 atom stereocenters. The number of benzene rings is 1. The van der Waals surface area contributed by atoms with Gasteiger partial charge in [-0.3, -0.25) is 4.68 Å². The molecule has 3 saturated carbocycles. The molecule has 1 amide bonds. The molecule has 2 aromatic rings. The highest BCUT2D eigenvalue weighted by Crippen LogP contribution is 2.51. The first-order valence-corrected chi connectivity index (χ1v) is 10.2. The van der Waals surface area contributed by atoms with Crippen molar-refractivity contribution >= 4 is 23.0 Å². The molecule has 1 N–H and O–H groups in total. The van der Waals surface area contributed by atoms with Crippen LogP contribution in [0.4, 0.5) is 4.79 Å². The Balaban J connectivity index is 1.51. The topological polar surface area (TPSA) is 82.5 Å². The lowest BCUT2D eigenvalue weighted by Gasteiger charge is -2.53. The number of nitrogens with zero attached hydrogens (tertiary/aromatic N) is 2. The molecule has 156 valence electrons. The molecular formula is C22H29N3O4. The summed E-state index contributed by atoms with van der Waals surface area (Å²) in [5, 5.41) is 8.98. The molecule has 1 aromatic heterocycles.